The van der Waals surface area contributed by atoms with E-state index in [0.717, 1.165) is 5.56 Å². The number of benzene rings is 1. The molecule has 0 radical (unpaired) electrons. The van der Waals surface area contributed by atoms with Crippen molar-refractivity contribution in [2.45, 2.75) is 27.2 Å². The molecule has 0 aliphatic heterocycles. The normalized spacial score (nSPS) is 11.4. The third-order valence-electron chi connectivity index (χ3n) is 2.82. The van der Waals surface area contributed by atoms with Crippen LogP contribution in [0.2, 0.25) is 0 Å². The van der Waals surface area contributed by atoms with Crippen LogP contribution in [0.4, 0.5) is 0 Å². The number of hydrogen-bond donors (Lipinski definition) is 1. The third-order valence-corrected chi connectivity index (χ3v) is 2.82. The van der Waals surface area contributed by atoms with Crippen molar-refractivity contribution in [1.29, 1.82) is 0 Å². The molecule has 0 heterocycles. The number of aryl methyl sites for hydroxylation is 1. The molecule has 1 aromatic rings. The third kappa shape index (κ3) is 4.91. The molecular formula is C15H19NO5. The monoisotopic (exact) mass is 293 g/mol. The minimum absolute atomic E-state index is 0.179. The minimum atomic E-state index is -1.04. The number of hydrogen-bond acceptors (Lipinski definition) is 5. The molecule has 0 fully saturated rings. The van der Waals surface area contributed by atoms with E-state index < -0.39 is 23.8 Å². The second-order valence-electron chi connectivity index (χ2n) is 4.43. The summed E-state index contributed by atoms with van der Waals surface area (Å²) >= 11 is 0. The van der Waals surface area contributed by atoms with Crippen molar-refractivity contribution in [2.24, 2.45) is 5.92 Å². The van der Waals surface area contributed by atoms with Crippen molar-refractivity contribution in [2.75, 3.05) is 6.61 Å². The Morgan fingerprint density at radius 3 is 2.24 bits per heavy atom. The first-order chi connectivity index (χ1) is 9.99. The van der Waals surface area contributed by atoms with Crippen molar-refractivity contribution < 1.29 is 24.0 Å². The molecule has 114 valence electrons. The summed E-state index contributed by atoms with van der Waals surface area (Å²) in [5.74, 6) is -3.09. The summed E-state index contributed by atoms with van der Waals surface area (Å²) < 4.78 is 4.77. The Bertz CT molecular complexity index is 509. The second-order valence-corrected chi connectivity index (χ2v) is 4.43. The second kappa shape index (κ2) is 8.04. The lowest BCUT2D eigenvalue weighted by molar-refractivity contribution is -0.165. The standard InChI is InChI=1S/C15H19NO5/c1-4-12(14(18)20-5-2)15(19)21-16-13(17)11-8-6-10(3)7-9-11/h6-9,12H,4-5H2,1-3H3,(H,16,17). The zero-order chi connectivity index (χ0) is 15.8. The summed E-state index contributed by atoms with van der Waals surface area (Å²) in [5.41, 5.74) is 3.40. The van der Waals surface area contributed by atoms with E-state index in [2.05, 4.69) is 4.84 Å². The topological polar surface area (TPSA) is 81.7 Å². The van der Waals surface area contributed by atoms with Crippen molar-refractivity contribution in [3.8, 4) is 0 Å². The van der Waals surface area contributed by atoms with Crippen LogP contribution in [0, 0.1) is 12.8 Å². The van der Waals surface area contributed by atoms with Crippen LogP contribution in [0.5, 0.6) is 0 Å². The van der Waals surface area contributed by atoms with Gasteiger partial charge >= 0.3 is 11.9 Å². The molecule has 0 aromatic heterocycles. The summed E-state index contributed by atoms with van der Waals surface area (Å²) in [7, 11) is 0. The van der Waals surface area contributed by atoms with E-state index in [1.54, 1.807) is 38.1 Å². The van der Waals surface area contributed by atoms with Gasteiger partial charge in [-0.25, -0.2) is 4.79 Å². The molecule has 0 aliphatic carbocycles. The van der Waals surface area contributed by atoms with E-state index in [4.69, 9.17) is 4.74 Å². The van der Waals surface area contributed by atoms with Crippen LogP contribution < -0.4 is 5.48 Å². The zero-order valence-electron chi connectivity index (χ0n) is 12.3. The fourth-order valence-electron chi connectivity index (χ4n) is 1.60. The summed E-state index contributed by atoms with van der Waals surface area (Å²) in [6, 6.07) is 6.76. The van der Waals surface area contributed by atoms with Crippen LogP contribution in [-0.4, -0.2) is 24.5 Å². The molecule has 6 heteroatoms. The summed E-state index contributed by atoms with van der Waals surface area (Å²) in [6.07, 6.45) is 0.234. The van der Waals surface area contributed by atoms with Crippen molar-refractivity contribution in [3.05, 3.63) is 35.4 Å². The van der Waals surface area contributed by atoms with Gasteiger partial charge in [0.25, 0.3) is 5.91 Å². The van der Waals surface area contributed by atoms with E-state index >= 15 is 0 Å². The van der Waals surface area contributed by atoms with E-state index in [0.29, 0.717) is 5.56 Å². The molecule has 1 aromatic carbocycles. The van der Waals surface area contributed by atoms with Crippen LogP contribution in [0.15, 0.2) is 24.3 Å². The Balaban J connectivity index is 2.56. The number of amides is 1. The molecule has 0 spiro atoms. The van der Waals surface area contributed by atoms with Gasteiger partial charge in [-0.1, -0.05) is 24.6 Å². The predicted octanol–water partition coefficient (Wildman–Crippen LogP) is 1.77. The van der Waals surface area contributed by atoms with E-state index in [-0.39, 0.29) is 13.0 Å². The fourth-order valence-corrected chi connectivity index (χ4v) is 1.60. The highest BCUT2D eigenvalue weighted by Gasteiger charge is 2.28. The SMILES string of the molecule is CCOC(=O)C(CC)C(=O)ONC(=O)c1ccc(C)cc1. The molecule has 1 rings (SSSR count). The first-order valence-electron chi connectivity index (χ1n) is 6.73. The van der Waals surface area contributed by atoms with Crippen molar-refractivity contribution in [1.82, 2.24) is 5.48 Å². The number of carbonyl (C=O) groups excluding carboxylic acids is 3. The molecule has 0 aliphatic rings. The lowest BCUT2D eigenvalue weighted by atomic mass is 10.1. The Labute approximate surface area is 123 Å². The Hall–Kier alpha value is -2.37. The highest BCUT2D eigenvalue weighted by atomic mass is 16.7. The molecule has 21 heavy (non-hydrogen) atoms. The number of ether oxygens (including phenoxy) is 1. The predicted molar refractivity (Wildman–Crippen MR) is 75.2 cm³/mol. The van der Waals surface area contributed by atoms with Gasteiger partial charge in [0.05, 0.1) is 6.61 Å². The molecule has 0 saturated heterocycles. The van der Waals surface area contributed by atoms with E-state index in [1.807, 2.05) is 12.4 Å². The average molecular weight is 293 g/mol. The molecule has 1 unspecified atom stereocenters. The van der Waals surface area contributed by atoms with Crippen LogP contribution in [0.3, 0.4) is 0 Å². The van der Waals surface area contributed by atoms with Gasteiger partial charge in [-0.2, -0.15) is 5.48 Å². The quantitative estimate of drug-likeness (QED) is 0.508. The minimum Gasteiger partial charge on any atom is -0.465 e. The molecule has 0 bridgehead atoms. The van der Waals surface area contributed by atoms with E-state index in [9.17, 15) is 14.4 Å². The Morgan fingerprint density at radius 2 is 1.71 bits per heavy atom. The number of nitrogens with one attached hydrogen (secondary N) is 1. The molecule has 1 N–H and O–H groups in total. The molecule has 6 nitrogen and oxygen atoms in total. The maximum absolute atomic E-state index is 11.8. The maximum Gasteiger partial charge on any atom is 0.346 e. The maximum atomic E-state index is 11.8. The highest BCUT2D eigenvalue weighted by molar-refractivity contribution is 5.97. The molecule has 1 atom stereocenters. The van der Waals surface area contributed by atoms with Gasteiger partial charge < -0.3 is 9.57 Å². The summed E-state index contributed by atoms with van der Waals surface area (Å²) in [5, 5.41) is 0. The van der Waals surface area contributed by atoms with Gasteiger partial charge in [-0.05, 0) is 32.4 Å². The van der Waals surface area contributed by atoms with Crippen LogP contribution in [-0.2, 0) is 19.2 Å². The smallest absolute Gasteiger partial charge is 0.346 e. The van der Waals surface area contributed by atoms with E-state index in [1.165, 1.54) is 0 Å². The average Bonchev–Trinajstić information content (AvgIpc) is 2.46. The highest BCUT2D eigenvalue weighted by Crippen LogP contribution is 2.08. The van der Waals surface area contributed by atoms with Crippen LogP contribution >= 0.6 is 0 Å². The van der Waals surface area contributed by atoms with Crippen LogP contribution in [0.1, 0.15) is 36.2 Å². The number of carbonyl (C=O) groups is 3. The van der Waals surface area contributed by atoms with Crippen molar-refractivity contribution >= 4 is 17.8 Å². The molecule has 1 amide bonds. The van der Waals surface area contributed by atoms with Gasteiger partial charge in [0.15, 0.2) is 5.92 Å². The number of esters is 1. The lowest BCUT2D eigenvalue weighted by Gasteiger charge is -2.12. The molecular weight excluding hydrogens is 274 g/mol. The van der Waals surface area contributed by atoms with Crippen LogP contribution in [0.25, 0.3) is 0 Å². The van der Waals surface area contributed by atoms with Gasteiger partial charge in [-0.3, -0.25) is 9.59 Å². The zero-order valence-corrected chi connectivity index (χ0v) is 12.3. The van der Waals surface area contributed by atoms with Crippen molar-refractivity contribution in [3.63, 3.8) is 0 Å². The first kappa shape index (κ1) is 16.7. The summed E-state index contributed by atoms with van der Waals surface area (Å²) in [6.45, 7) is 5.38. The van der Waals surface area contributed by atoms with Gasteiger partial charge in [0.2, 0.25) is 0 Å². The van der Waals surface area contributed by atoms with Gasteiger partial charge in [0.1, 0.15) is 0 Å². The number of hydroxylamine groups is 1. The van der Waals surface area contributed by atoms with Gasteiger partial charge in [-0.15, -0.1) is 0 Å². The largest absolute Gasteiger partial charge is 0.465 e. The molecule has 0 saturated carbocycles. The summed E-state index contributed by atoms with van der Waals surface area (Å²) in [4.78, 5) is 39.7. The number of rotatable bonds is 5. The lowest BCUT2D eigenvalue weighted by Crippen LogP contribution is -2.34. The Morgan fingerprint density at radius 1 is 1.10 bits per heavy atom. The fraction of sp³-hybridized carbons (Fsp3) is 0.400. The van der Waals surface area contributed by atoms with Gasteiger partial charge in [0, 0.05) is 5.56 Å². The Kier molecular flexibility index (Phi) is 6.39. The first-order valence-corrected chi connectivity index (χ1v) is 6.73.